The number of nitrogens with two attached hydrogens (primary N) is 1. The van der Waals surface area contributed by atoms with Gasteiger partial charge in [-0.2, -0.15) is 0 Å². The molecular weight excluding hydrogens is 366 g/mol. The molecule has 0 aromatic heterocycles. The van der Waals surface area contributed by atoms with E-state index in [1.165, 1.54) is 13.8 Å². The van der Waals surface area contributed by atoms with E-state index >= 15 is 0 Å². The molecule has 27 heavy (non-hydrogen) atoms. The maximum atomic E-state index is 13.8. The highest BCUT2D eigenvalue weighted by Gasteiger charge is 2.37. The van der Waals surface area contributed by atoms with Crippen LogP contribution in [0.3, 0.4) is 0 Å². The molecule has 2 amide bonds. The van der Waals surface area contributed by atoms with Crippen molar-refractivity contribution in [3.8, 4) is 0 Å². The molecule has 3 N–H and O–H groups in total. The Hall–Kier alpha value is -3.04. The van der Waals surface area contributed by atoms with Crippen molar-refractivity contribution in [2.45, 2.75) is 26.3 Å². The van der Waals surface area contributed by atoms with E-state index in [1.807, 2.05) is 0 Å². The molecular formula is C17H20F2N2O6. The van der Waals surface area contributed by atoms with Gasteiger partial charge in [0.05, 0.1) is 31.1 Å². The van der Waals surface area contributed by atoms with E-state index in [1.54, 1.807) is 0 Å². The predicted octanol–water partition coefficient (Wildman–Crippen LogP) is 0.681. The monoisotopic (exact) mass is 386 g/mol. The molecule has 0 aliphatic carbocycles. The number of amides is 2. The van der Waals surface area contributed by atoms with Crippen LogP contribution in [0.25, 0.3) is 0 Å². The highest BCUT2D eigenvalue weighted by atomic mass is 19.2. The second-order valence-corrected chi connectivity index (χ2v) is 5.32. The van der Waals surface area contributed by atoms with E-state index in [0.29, 0.717) is 0 Å². The standard InChI is InChI=1S/C17H20F2N2O6/c1-3-26-12(22)8-10(17(25)27-4-2)14(15(20)23)21-16(24)9-6-5-7-11(18)13(9)19/h5-7,10,14H,3-4,8H2,1-2H3,(H2,20,23)(H,21,24)/t10-,14+/m1/s1. The smallest absolute Gasteiger partial charge is 0.312 e. The quantitative estimate of drug-likeness (QED) is 0.602. The SMILES string of the molecule is CCOC(=O)C[C@@H](C(=O)OCC)[C@H](NC(=O)c1cccc(F)c1F)C(N)=O. The van der Waals surface area contributed by atoms with Gasteiger partial charge in [0.1, 0.15) is 6.04 Å². The summed E-state index contributed by atoms with van der Waals surface area (Å²) in [6.07, 6.45) is -0.605. The Morgan fingerprint density at radius 3 is 2.30 bits per heavy atom. The number of hydrogen-bond acceptors (Lipinski definition) is 6. The first-order valence-electron chi connectivity index (χ1n) is 8.09. The minimum atomic E-state index is -1.70. The Balaban J connectivity index is 3.14. The Morgan fingerprint density at radius 1 is 1.11 bits per heavy atom. The molecule has 10 heteroatoms. The summed E-state index contributed by atoms with van der Waals surface area (Å²) in [7, 11) is 0. The molecule has 0 heterocycles. The fourth-order valence-electron chi connectivity index (χ4n) is 2.25. The van der Waals surface area contributed by atoms with Crippen LogP contribution < -0.4 is 11.1 Å². The van der Waals surface area contributed by atoms with Gasteiger partial charge in [0.2, 0.25) is 5.91 Å². The number of carbonyl (C=O) groups is 4. The van der Waals surface area contributed by atoms with E-state index in [9.17, 15) is 28.0 Å². The summed E-state index contributed by atoms with van der Waals surface area (Å²) in [5.41, 5.74) is 4.54. The molecule has 0 fully saturated rings. The van der Waals surface area contributed by atoms with E-state index in [0.717, 1.165) is 18.2 Å². The highest BCUT2D eigenvalue weighted by molar-refractivity contribution is 5.99. The number of primary amides is 1. The van der Waals surface area contributed by atoms with Gasteiger partial charge in [0.25, 0.3) is 5.91 Å². The zero-order chi connectivity index (χ0) is 20.6. The maximum Gasteiger partial charge on any atom is 0.312 e. The normalized spacial score (nSPS) is 12.6. The van der Waals surface area contributed by atoms with Gasteiger partial charge in [0.15, 0.2) is 11.6 Å². The maximum absolute atomic E-state index is 13.8. The average molecular weight is 386 g/mol. The predicted molar refractivity (Wildman–Crippen MR) is 88.2 cm³/mol. The van der Waals surface area contributed by atoms with Crippen LogP contribution in [0.15, 0.2) is 18.2 Å². The minimum Gasteiger partial charge on any atom is -0.466 e. The zero-order valence-electron chi connectivity index (χ0n) is 14.8. The fourth-order valence-corrected chi connectivity index (χ4v) is 2.25. The Labute approximate surface area is 154 Å². The molecule has 0 aliphatic heterocycles. The second-order valence-electron chi connectivity index (χ2n) is 5.32. The van der Waals surface area contributed by atoms with Crippen LogP contribution in [0, 0.1) is 17.6 Å². The molecule has 0 unspecified atom stereocenters. The lowest BCUT2D eigenvalue weighted by molar-refractivity contribution is -0.156. The van der Waals surface area contributed by atoms with Crippen molar-refractivity contribution in [3.05, 3.63) is 35.4 Å². The Kier molecular flexibility index (Phi) is 8.31. The van der Waals surface area contributed by atoms with E-state index in [-0.39, 0.29) is 13.2 Å². The second kappa shape index (κ2) is 10.2. The lowest BCUT2D eigenvalue weighted by atomic mass is 9.95. The third kappa shape index (κ3) is 6.01. The number of rotatable bonds is 9. The topological polar surface area (TPSA) is 125 Å². The third-order valence-corrected chi connectivity index (χ3v) is 3.47. The number of nitrogens with one attached hydrogen (secondary N) is 1. The molecule has 1 aromatic rings. The van der Waals surface area contributed by atoms with Gasteiger partial charge in [-0.05, 0) is 26.0 Å². The van der Waals surface area contributed by atoms with E-state index in [4.69, 9.17) is 15.2 Å². The van der Waals surface area contributed by atoms with Gasteiger partial charge < -0.3 is 20.5 Å². The molecule has 1 aromatic carbocycles. The van der Waals surface area contributed by atoms with Crippen LogP contribution in [-0.2, 0) is 23.9 Å². The van der Waals surface area contributed by atoms with Gasteiger partial charge in [-0.3, -0.25) is 19.2 Å². The van der Waals surface area contributed by atoms with Crippen LogP contribution in [0.5, 0.6) is 0 Å². The average Bonchev–Trinajstić information content (AvgIpc) is 2.60. The zero-order valence-corrected chi connectivity index (χ0v) is 14.8. The van der Waals surface area contributed by atoms with Crippen molar-refractivity contribution >= 4 is 23.8 Å². The number of carbonyl (C=O) groups excluding carboxylic acids is 4. The minimum absolute atomic E-state index is 0.0243. The van der Waals surface area contributed by atoms with E-state index < -0.39 is 59.3 Å². The van der Waals surface area contributed by atoms with Crippen molar-refractivity contribution in [1.82, 2.24) is 5.32 Å². The molecule has 0 radical (unpaired) electrons. The first kappa shape index (κ1) is 22.0. The van der Waals surface area contributed by atoms with Crippen molar-refractivity contribution in [2.24, 2.45) is 11.7 Å². The van der Waals surface area contributed by atoms with Crippen molar-refractivity contribution < 1.29 is 37.4 Å². The lowest BCUT2D eigenvalue weighted by Crippen LogP contribution is -2.52. The molecule has 0 saturated heterocycles. The molecule has 8 nitrogen and oxygen atoms in total. The van der Waals surface area contributed by atoms with Crippen LogP contribution in [-0.4, -0.2) is 43.0 Å². The van der Waals surface area contributed by atoms with Gasteiger partial charge in [-0.1, -0.05) is 6.07 Å². The summed E-state index contributed by atoms with van der Waals surface area (Å²) in [6, 6.07) is 1.17. The molecule has 2 atom stereocenters. The molecule has 0 bridgehead atoms. The summed E-state index contributed by atoms with van der Waals surface area (Å²) >= 11 is 0. The van der Waals surface area contributed by atoms with Crippen molar-refractivity contribution in [2.75, 3.05) is 13.2 Å². The number of hydrogen-bond donors (Lipinski definition) is 2. The van der Waals surface area contributed by atoms with Crippen LogP contribution in [0.2, 0.25) is 0 Å². The summed E-state index contributed by atoms with van der Waals surface area (Å²) in [4.78, 5) is 47.9. The van der Waals surface area contributed by atoms with E-state index in [2.05, 4.69) is 5.32 Å². The summed E-state index contributed by atoms with van der Waals surface area (Å²) in [5.74, 6) is -8.36. The summed E-state index contributed by atoms with van der Waals surface area (Å²) in [5, 5.41) is 2.06. The molecule has 1 rings (SSSR count). The fraction of sp³-hybridized carbons (Fsp3) is 0.412. The van der Waals surface area contributed by atoms with Crippen LogP contribution >= 0.6 is 0 Å². The number of halogens is 2. The van der Waals surface area contributed by atoms with Gasteiger partial charge in [-0.25, -0.2) is 8.78 Å². The first-order chi connectivity index (χ1) is 12.7. The van der Waals surface area contributed by atoms with Crippen LogP contribution in [0.1, 0.15) is 30.6 Å². The molecule has 148 valence electrons. The summed E-state index contributed by atoms with van der Waals surface area (Å²) in [6.45, 7) is 3.00. The lowest BCUT2D eigenvalue weighted by Gasteiger charge is -2.23. The number of esters is 2. The summed E-state index contributed by atoms with van der Waals surface area (Å²) < 4.78 is 36.6. The van der Waals surface area contributed by atoms with Gasteiger partial charge in [-0.15, -0.1) is 0 Å². The van der Waals surface area contributed by atoms with Gasteiger partial charge in [0, 0.05) is 0 Å². The number of benzene rings is 1. The highest BCUT2D eigenvalue weighted by Crippen LogP contribution is 2.16. The Bertz CT molecular complexity index is 725. The third-order valence-electron chi connectivity index (χ3n) is 3.47. The first-order valence-corrected chi connectivity index (χ1v) is 8.09. The largest absolute Gasteiger partial charge is 0.466 e. The van der Waals surface area contributed by atoms with Gasteiger partial charge >= 0.3 is 11.9 Å². The van der Waals surface area contributed by atoms with Crippen molar-refractivity contribution in [3.63, 3.8) is 0 Å². The van der Waals surface area contributed by atoms with Crippen LogP contribution in [0.4, 0.5) is 8.78 Å². The molecule has 0 saturated carbocycles. The molecule has 0 aliphatic rings. The number of ether oxygens (including phenoxy) is 2. The Morgan fingerprint density at radius 2 is 1.74 bits per heavy atom. The van der Waals surface area contributed by atoms with Crippen molar-refractivity contribution in [1.29, 1.82) is 0 Å². The molecule has 0 spiro atoms.